The fraction of sp³-hybridized carbons (Fsp3) is 0.591. The van der Waals surface area contributed by atoms with E-state index in [0.29, 0.717) is 6.42 Å². The molecule has 1 aliphatic carbocycles. The van der Waals surface area contributed by atoms with E-state index < -0.39 is 40.2 Å². The van der Waals surface area contributed by atoms with Gasteiger partial charge in [-0.3, -0.25) is 0 Å². The van der Waals surface area contributed by atoms with E-state index in [1.54, 1.807) is 0 Å². The van der Waals surface area contributed by atoms with Crippen molar-refractivity contribution in [1.29, 1.82) is 0 Å². The summed E-state index contributed by atoms with van der Waals surface area (Å²) in [5.74, 6) is -0.988. The molecule has 5 nitrogen and oxygen atoms in total. The van der Waals surface area contributed by atoms with Crippen LogP contribution in [0.2, 0.25) is 0 Å². The zero-order valence-electron chi connectivity index (χ0n) is 17.9. The van der Waals surface area contributed by atoms with Crippen LogP contribution < -0.4 is 0 Å². The number of hydrogen-bond donors (Lipinski definition) is 0. The molecule has 31 heavy (non-hydrogen) atoms. The van der Waals surface area contributed by atoms with Crippen molar-refractivity contribution in [1.82, 2.24) is 0 Å². The van der Waals surface area contributed by atoms with Gasteiger partial charge in [0.15, 0.2) is 6.10 Å². The molecule has 0 spiro atoms. The molecule has 174 valence electrons. The Bertz CT molecular complexity index is 865. The molecule has 0 heterocycles. The highest BCUT2D eigenvalue weighted by molar-refractivity contribution is 7.87. The van der Waals surface area contributed by atoms with Crippen molar-refractivity contribution in [2.45, 2.75) is 69.6 Å². The molecular weight excluding hydrogens is 433 g/mol. The van der Waals surface area contributed by atoms with E-state index in [9.17, 15) is 26.4 Å². The number of rotatable bonds is 8. The second kappa shape index (κ2) is 9.73. The summed E-state index contributed by atoms with van der Waals surface area (Å²) in [6.07, 6.45) is 0.367. The zero-order chi connectivity index (χ0) is 23.4. The van der Waals surface area contributed by atoms with E-state index in [1.807, 2.05) is 51.1 Å². The van der Waals surface area contributed by atoms with E-state index >= 15 is 0 Å². The summed E-state index contributed by atoms with van der Waals surface area (Å²) < 4.78 is 70.8. The smallest absolute Gasteiger partial charge is 0.460 e. The van der Waals surface area contributed by atoms with Crippen LogP contribution in [0.1, 0.15) is 52.0 Å². The molecule has 0 unspecified atom stereocenters. The molecule has 0 amide bonds. The highest BCUT2D eigenvalue weighted by Crippen LogP contribution is 2.43. The maximum absolute atomic E-state index is 12.7. The van der Waals surface area contributed by atoms with Crippen LogP contribution in [0.5, 0.6) is 0 Å². The van der Waals surface area contributed by atoms with Crippen LogP contribution >= 0.6 is 0 Å². The summed E-state index contributed by atoms with van der Waals surface area (Å²) in [5, 5.41) is 0. The molecule has 1 aromatic rings. The van der Waals surface area contributed by atoms with Crippen LogP contribution in [0, 0.1) is 11.8 Å². The third-order valence-electron chi connectivity index (χ3n) is 5.94. The summed E-state index contributed by atoms with van der Waals surface area (Å²) in [6, 6.07) is 9.70. The van der Waals surface area contributed by atoms with Gasteiger partial charge < -0.3 is 4.74 Å². The summed E-state index contributed by atoms with van der Waals surface area (Å²) in [7, 11) is -5.95. The van der Waals surface area contributed by atoms with Gasteiger partial charge in [-0.2, -0.15) is 21.6 Å². The lowest BCUT2D eigenvalue weighted by Gasteiger charge is -2.44. The molecule has 0 N–H and O–H groups in total. The van der Waals surface area contributed by atoms with Gasteiger partial charge in [-0.15, -0.1) is 6.58 Å². The summed E-state index contributed by atoms with van der Waals surface area (Å²) >= 11 is 0. The molecule has 0 radical (unpaired) electrons. The van der Waals surface area contributed by atoms with E-state index in [4.69, 9.17) is 4.74 Å². The fourth-order valence-corrected chi connectivity index (χ4v) is 4.70. The largest absolute Gasteiger partial charge is 0.523 e. The molecule has 0 saturated heterocycles. The average Bonchev–Trinajstić information content (AvgIpc) is 2.67. The van der Waals surface area contributed by atoms with E-state index in [0.717, 1.165) is 24.5 Å². The molecule has 0 aliphatic heterocycles. The SMILES string of the molecule is C=CC[C@@H](OS(=O)(=O)C(F)(F)F)C(=O)O[C@@H]1C[C@H](C)CC[C@@H]1C(C)(C)c1ccccc1. The van der Waals surface area contributed by atoms with Gasteiger partial charge in [0.2, 0.25) is 0 Å². The summed E-state index contributed by atoms with van der Waals surface area (Å²) in [4.78, 5) is 12.7. The quantitative estimate of drug-likeness (QED) is 0.232. The Balaban J connectivity index is 2.26. The number of carbonyl (C=O) groups excluding carboxylic acids is 1. The number of benzene rings is 1. The van der Waals surface area contributed by atoms with Gasteiger partial charge in [-0.1, -0.05) is 63.6 Å². The molecule has 0 bridgehead atoms. The number of esters is 1. The lowest BCUT2D eigenvalue weighted by molar-refractivity contribution is -0.165. The minimum Gasteiger partial charge on any atom is -0.460 e. The van der Waals surface area contributed by atoms with E-state index in [1.165, 1.54) is 0 Å². The predicted molar refractivity (Wildman–Crippen MR) is 111 cm³/mol. The Morgan fingerprint density at radius 3 is 2.39 bits per heavy atom. The van der Waals surface area contributed by atoms with Crippen molar-refractivity contribution >= 4 is 16.1 Å². The highest BCUT2D eigenvalue weighted by Gasteiger charge is 2.50. The van der Waals surface area contributed by atoms with Crippen LogP contribution in [-0.4, -0.2) is 32.1 Å². The van der Waals surface area contributed by atoms with Gasteiger partial charge in [0.1, 0.15) is 6.10 Å². The molecule has 1 aromatic carbocycles. The molecule has 9 heteroatoms. The number of alkyl halides is 3. The number of ether oxygens (including phenoxy) is 1. The minimum absolute atomic E-state index is 0.0985. The first-order valence-electron chi connectivity index (χ1n) is 10.2. The molecule has 1 saturated carbocycles. The number of hydrogen-bond acceptors (Lipinski definition) is 5. The Morgan fingerprint density at radius 1 is 1.23 bits per heavy atom. The highest BCUT2D eigenvalue weighted by atomic mass is 32.2. The first-order chi connectivity index (χ1) is 14.3. The maximum Gasteiger partial charge on any atom is 0.523 e. The normalized spacial score (nSPS) is 23.7. The Hall–Kier alpha value is -1.87. The van der Waals surface area contributed by atoms with Gasteiger partial charge in [0, 0.05) is 12.3 Å². The third-order valence-corrected chi connectivity index (χ3v) is 6.99. The van der Waals surface area contributed by atoms with Crippen LogP contribution in [0.3, 0.4) is 0 Å². The van der Waals surface area contributed by atoms with Crippen molar-refractivity contribution in [2.24, 2.45) is 11.8 Å². The van der Waals surface area contributed by atoms with Crippen LogP contribution in [0.15, 0.2) is 43.0 Å². The topological polar surface area (TPSA) is 69.7 Å². The summed E-state index contributed by atoms with van der Waals surface area (Å²) in [5.41, 5.74) is -4.96. The van der Waals surface area contributed by atoms with Crippen molar-refractivity contribution in [2.75, 3.05) is 0 Å². The van der Waals surface area contributed by atoms with Gasteiger partial charge in [-0.05, 0) is 29.7 Å². The van der Waals surface area contributed by atoms with Gasteiger partial charge >= 0.3 is 21.6 Å². The van der Waals surface area contributed by atoms with Crippen molar-refractivity contribution in [3.63, 3.8) is 0 Å². The predicted octanol–water partition coefficient (Wildman–Crippen LogP) is 5.12. The van der Waals surface area contributed by atoms with Gasteiger partial charge in [-0.25, -0.2) is 8.98 Å². The van der Waals surface area contributed by atoms with Crippen LogP contribution in [0.4, 0.5) is 13.2 Å². The molecule has 1 aliphatic rings. The fourth-order valence-electron chi connectivity index (χ4n) is 4.12. The monoisotopic (exact) mass is 462 g/mol. The average molecular weight is 463 g/mol. The Kier molecular flexibility index (Phi) is 7.97. The third kappa shape index (κ3) is 6.10. The van der Waals surface area contributed by atoms with E-state index in [2.05, 4.69) is 10.8 Å². The molecule has 1 fully saturated rings. The summed E-state index contributed by atoms with van der Waals surface area (Å²) in [6.45, 7) is 9.45. The maximum atomic E-state index is 12.7. The van der Waals surface area contributed by atoms with Crippen molar-refractivity contribution in [3.8, 4) is 0 Å². The molecule has 4 atom stereocenters. The lowest BCUT2D eigenvalue weighted by atomic mass is 9.64. The zero-order valence-corrected chi connectivity index (χ0v) is 18.7. The lowest BCUT2D eigenvalue weighted by Crippen LogP contribution is -2.45. The second-order valence-electron chi connectivity index (χ2n) is 8.60. The van der Waals surface area contributed by atoms with Gasteiger partial charge in [0.25, 0.3) is 0 Å². The number of carbonyl (C=O) groups is 1. The van der Waals surface area contributed by atoms with Crippen LogP contribution in [0.25, 0.3) is 0 Å². The number of halogens is 3. The first kappa shape index (κ1) is 25.4. The molecule has 0 aromatic heterocycles. The minimum atomic E-state index is -5.95. The van der Waals surface area contributed by atoms with Gasteiger partial charge in [0.05, 0.1) is 0 Å². The molecule has 2 rings (SSSR count). The molecular formula is C22H29F3O5S. The first-order valence-corrected chi connectivity index (χ1v) is 11.6. The van der Waals surface area contributed by atoms with E-state index in [-0.39, 0.29) is 17.3 Å². The van der Waals surface area contributed by atoms with Crippen molar-refractivity contribution in [3.05, 3.63) is 48.6 Å². The standard InChI is InChI=1S/C22H29F3O5S/c1-5-9-18(30-31(27,28)22(23,24)25)20(26)29-19-14-15(2)12-13-17(19)21(3,4)16-10-7-6-8-11-16/h5-8,10-11,15,17-19H,1,9,12-14H2,2-4H3/t15-,17+,18-,19-/m1/s1. The van der Waals surface area contributed by atoms with Crippen LogP contribution in [-0.2, 0) is 29.2 Å². The van der Waals surface area contributed by atoms with Crippen molar-refractivity contribution < 1.29 is 35.3 Å². The second-order valence-corrected chi connectivity index (χ2v) is 10.2. The Morgan fingerprint density at radius 2 is 1.84 bits per heavy atom. The Labute approximate surface area is 181 Å².